The van der Waals surface area contributed by atoms with Gasteiger partial charge in [0, 0.05) is 10.4 Å². The van der Waals surface area contributed by atoms with E-state index in [9.17, 15) is 4.79 Å². The Morgan fingerprint density at radius 1 is 0.871 bits per heavy atom. The molecule has 2 fully saturated rings. The third kappa shape index (κ3) is 3.56. The van der Waals surface area contributed by atoms with Crippen LogP contribution in [0.15, 0.2) is 72.8 Å². The van der Waals surface area contributed by atoms with E-state index in [4.69, 9.17) is 0 Å². The summed E-state index contributed by atoms with van der Waals surface area (Å²) < 4.78 is 0. The van der Waals surface area contributed by atoms with E-state index in [0.29, 0.717) is 0 Å². The third-order valence-corrected chi connectivity index (χ3v) is 8.35. The predicted octanol–water partition coefficient (Wildman–Crippen LogP) is 5.71. The number of nitrogens with one attached hydrogen (secondary N) is 1. The lowest BCUT2D eigenvalue weighted by Gasteiger charge is -2.48. The molecule has 5 heteroatoms. The summed E-state index contributed by atoms with van der Waals surface area (Å²) in [5.74, 6) is 0. The molecule has 160 valence electrons. The van der Waals surface area contributed by atoms with Gasteiger partial charge in [0.25, 0.3) is 0 Å². The Hall–Kier alpha value is -2.63. The first-order valence-electron chi connectivity index (χ1n) is 11.0. The Balaban J connectivity index is 1.34. The minimum Gasteiger partial charge on any atom is -0.330 e. The summed E-state index contributed by atoms with van der Waals surface area (Å²) in [5, 5.41) is 4.40. The molecule has 1 N–H and O–H groups in total. The lowest BCUT2D eigenvalue weighted by molar-refractivity contribution is 0.0658. The van der Waals surface area contributed by atoms with Gasteiger partial charge in [0.15, 0.2) is 0 Å². The summed E-state index contributed by atoms with van der Waals surface area (Å²) >= 11 is 1.69. The van der Waals surface area contributed by atoms with Gasteiger partial charge in [-0.1, -0.05) is 60.7 Å². The van der Waals surface area contributed by atoms with E-state index in [-0.39, 0.29) is 17.1 Å². The van der Waals surface area contributed by atoms with Gasteiger partial charge < -0.3 is 5.32 Å². The first-order chi connectivity index (χ1) is 15.0. The molecule has 0 atom stereocenters. The average Bonchev–Trinajstić information content (AvgIpc) is 3.40. The van der Waals surface area contributed by atoms with E-state index >= 15 is 0 Å². The van der Waals surface area contributed by atoms with Gasteiger partial charge in [0.1, 0.15) is 0 Å². The Morgan fingerprint density at radius 2 is 1.52 bits per heavy atom. The monoisotopic (exact) mass is 431 g/mol. The number of nitrogens with zero attached hydrogens (tertiary/aromatic N) is 2. The zero-order chi connectivity index (χ0) is 21.5. The van der Waals surface area contributed by atoms with Crippen molar-refractivity contribution >= 4 is 22.4 Å². The Morgan fingerprint density at radius 3 is 2.16 bits per heavy atom. The number of hydrogen-bond acceptors (Lipinski definition) is 3. The SMILES string of the molecule is CN(C)[C@]1(c2ccccc2)CC[C@@]2(CC1)CN(c1ccc(-c3ccccc3)s1)C(=O)N2. The fourth-order valence-corrected chi connectivity index (χ4v) is 6.29. The second-order valence-electron chi connectivity index (χ2n) is 9.09. The molecule has 1 aliphatic carbocycles. The summed E-state index contributed by atoms with van der Waals surface area (Å²) in [6, 6.07) is 25.5. The average molecular weight is 432 g/mol. The van der Waals surface area contributed by atoms with Crippen LogP contribution in [0, 0.1) is 0 Å². The maximum absolute atomic E-state index is 13.0. The highest BCUT2D eigenvalue weighted by atomic mass is 32.1. The van der Waals surface area contributed by atoms with Gasteiger partial charge in [0.05, 0.1) is 17.1 Å². The highest BCUT2D eigenvalue weighted by Gasteiger charge is 2.50. The summed E-state index contributed by atoms with van der Waals surface area (Å²) in [5.41, 5.74) is 2.47. The minimum atomic E-state index is -0.137. The molecule has 0 radical (unpaired) electrons. The van der Waals surface area contributed by atoms with E-state index in [1.807, 2.05) is 11.0 Å². The molecule has 4 nitrogen and oxygen atoms in total. The van der Waals surface area contributed by atoms with Crippen molar-refractivity contribution in [2.45, 2.75) is 36.8 Å². The topological polar surface area (TPSA) is 35.6 Å². The molecule has 5 rings (SSSR count). The number of carbonyl (C=O) groups is 1. The van der Waals surface area contributed by atoms with Crippen LogP contribution in [0.5, 0.6) is 0 Å². The molecule has 3 aromatic rings. The van der Waals surface area contributed by atoms with E-state index < -0.39 is 0 Å². The van der Waals surface area contributed by atoms with E-state index in [0.717, 1.165) is 37.2 Å². The number of urea groups is 1. The van der Waals surface area contributed by atoms with Crippen LogP contribution in [0.3, 0.4) is 0 Å². The van der Waals surface area contributed by atoms with Crippen molar-refractivity contribution in [2.75, 3.05) is 25.5 Å². The molecular weight excluding hydrogens is 402 g/mol. The summed E-state index contributed by atoms with van der Waals surface area (Å²) in [7, 11) is 4.36. The highest BCUT2D eigenvalue weighted by Crippen LogP contribution is 2.47. The van der Waals surface area contributed by atoms with Gasteiger partial charge in [-0.3, -0.25) is 9.80 Å². The van der Waals surface area contributed by atoms with Crippen LogP contribution in [-0.4, -0.2) is 37.1 Å². The van der Waals surface area contributed by atoms with Crippen molar-refractivity contribution in [3.05, 3.63) is 78.4 Å². The van der Waals surface area contributed by atoms with Crippen molar-refractivity contribution in [1.29, 1.82) is 0 Å². The standard InChI is InChI=1S/C26H29N3OS/c1-28(2)26(21-11-7-4-8-12-21)17-15-25(16-18-26)19-29(24(30)27-25)23-14-13-22(31-23)20-9-5-3-6-10-20/h3-14H,15-19H2,1-2H3,(H,27,30)/t25-,26-. The van der Waals surface area contributed by atoms with Crippen molar-refractivity contribution in [1.82, 2.24) is 10.2 Å². The van der Waals surface area contributed by atoms with Gasteiger partial charge in [-0.25, -0.2) is 4.79 Å². The van der Waals surface area contributed by atoms with Crippen LogP contribution < -0.4 is 10.2 Å². The van der Waals surface area contributed by atoms with Gasteiger partial charge in [-0.05, 0) is 63.0 Å². The van der Waals surface area contributed by atoms with Gasteiger partial charge >= 0.3 is 6.03 Å². The zero-order valence-corrected chi connectivity index (χ0v) is 19.0. The van der Waals surface area contributed by atoms with E-state index in [2.05, 4.69) is 91.0 Å². The number of benzene rings is 2. The smallest absolute Gasteiger partial charge is 0.323 e. The number of hydrogen-bond donors (Lipinski definition) is 1. The quantitative estimate of drug-likeness (QED) is 0.574. The lowest BCUT2D eigenvalue weighted by Crippen LogP contribution is -2.54. The number of anilines is 1. The van der Waals surface area contributed by atoms with Gasteiger partial charge in [-0.15, -0.1) is 11.3 Å². The molecule has 0 bridgehead atoms. The Kier molecular flexibility index (Phi) is 5.11. The number of amides is 2. The first-order valence-corrected chi connectivity index (χ1v) is 11.8. The molecular formula is C26H29N3OS. The predicted molar refractivity (Wildman–Crippen MR) is 129 cm³/mol. The van der Waals surface area contributed by atoms with Crippen LogP contribution in [0.4, 0.5) is 9.80 Å². The third-order valence-electron chi connectivity index (χ3n) is 7.20. The molecule has 2 heterocycles. The minimum absolute atomic E-state index is 0.0358. The molecule has 2 aliphatic rings. The Labute approximate surface area is 188 Å². The molecule has 1 aliphatic heterocycles. The fraction of sp³-hybridized carbons (Fsp3) is 0.346. The maximum Gasteiger partial charge on any atom is 0.323 e. The van der Waals surface area contributed by atoms with Crippen LogP contribution in [0.25, 0.3) is 10.4 Å². The molecule has 1 saturated carbocycles. The normalized spacial score (nSPS) is 25.9. The Bertz CT molecular complexity index is 1050. The summed E-state index contributed by atoms with van der Waals surface area (Å²) in [6.07, 6.45) is 4.05. The first kappa shape index (κ1) is 20.3. The number of thiophene rings is 1. The molecule has 2 aromatic carbocycles. The largest absolute Gasteiger partial charge is 0.330 e. The molecule has 0 unspecified atom stereocenters. The highest BCUT2D eigenvalue weighted by molar-refractivity contribution is 7.19. The molecule has 2 amide bonds. The van der Waals surface area contributed by atoms with Crippen LogP contribution in [0.1, 0.15) is 31.2 Å². The van der Waals surface area contributed by atoms with Crippen molar-refractivity contribution in [2.24, 2.45) is 0 Å². The molecule has 1 aromatic heterocycles. The summed E-state index contributed by atoms with van der Waals surface area (Å²) in [6.45, 7) is 0.749. The maximum atomic E-state index is 13.0. The van der Waals surface area contributed by atoms with Crippen LogP contribution in [-0.2, 0) is 5.54 Å². The van der Waals surface area contributed by atoms with Crippen molar-refractivity contribution in [3.8, 4) is 10.4 Å². The van der Waals surface area contributed by atoms with Crippen molar-refractivity contribution < 1.29 is 4.79 Å². The lowest BCUT2D eigenvalue weighted by atomic mass is 9.69. The van der Waals surface area contributed by atoms with Crippen LogP contribution >= 0.6 is 11.3 Å². The molecule has 31 heavy (non-hydrogen) atoms. The zero-order valence-electron chi connectivity index (χ0n) is 18.2. The summed E-state index contributed by atoms with van der Waals surface area (Å²) in [4.78, 5) is 18.5. The molecule has 1 saturated heterocycles. The van der Waals surface area contributed by atoms with Gasteiger partial charge in [0.2, 0.25) is 0 Å². The molecule has 1 spiro atoms. The van der Waals surface area contributed by atoms with Crippen LogP contribution in [0.2, 0.25) is 0 Å². The number of carbonyl (C=O) groups excluding carboxylic acids is 1. The van der Waals surface area contributed by atoms with Gasteiger partial charge in [-0.2, -0.15) is 0 Å². The van der Waals surface area contributed by atoms with E-state index in [1.165, 1.54) is 16.0 Å². The second kappa shape index (κ2) is 7.81. The fourth-order valence-electron chi connectivity index (χ4n) is 5.28. The van der Waals surface area contributed by atoms with Crippen molar-refractivity contribution in [3.63, 3.8) is 0 Å². The van der Waals surface area contributed by atoms with E-state index in [1.54, 1.807) is 11.3 Å². The number of rotatable bonds is 4. The second-order valence-corrected chi connectivity index (χ2v) is 10.2.